The Bertz CT molecular complexity index is 272. The lowest BCUT2D eigenvalue weighted by molar-refractivity contribution is 0.133. The maximum Gasteiger partial charge on any atom is 0.142 e. The standard InChI is InChI=1S/C10H20N4O/c1-8(2)3-5-15-6-4-12-9-7-13-14-10(9)11/h7-8,12H,3-6H2,1-2H3,(H3,11,13,14). The van der Waals surface area contributed by atoms with E-state index in [0.29, 0.717) is 18.3 Å². The summed E-state index contributed by atoms with van der Waals surface area (Å²) in [5.74, 6) is 1.26. The number of nitrogens with one attached hydrogen (secondary N) is 2. The summed E-state index contributed by atoms with van der Waals surface area (Å²) in [6.45, 7) is 6.64. The molecule has 5 nitrogen and oxygen atoms in total. The number of hydrogen-bond acceptors (Lipinski definition) is 4. The third-order valence-electron chi connectivity index (χ3n) is 2.07. The molecule has 0 aliphatic heterocycles. The van der Waals surface area contributed by atoms with Crippen molar-refractivity contribution >= 4 is 11.5 Å². The van der Waals surface area contributed by atoms with E-state index in [0.717, 1.165) is 25.3 Å². The number of anilines is 2. The molecule has 4 N–H and O–H groups in total. The van der Waals surface area contributed by atoms with Crippen molar-refractivity contribution < 1.29 is 4.74 Å². The number of hydrogen-bond donors (Lipinski definition) is 3. The van der Waals surface area contributed by atoms with Crippen LogP contribution in [0.3, 0.4) is 0 Å². The molecular formula is C10H20N4O. The van der Waals surface area contributed by atoms with Crippen LogP contribution in [-0.4, -0.2) is 30.0 Å². The number of nitrogens with two attached hydrogens (primary N) is 1. The fraction of sp³-hybridized carbons (Fsp3) is 0.700. The molecule has 0 fully saturated rings. The third-order valence-corrected chi connectivity index (χ3v) is 2.07. The number of aromatic amines is 1. The molecule has 0 aromatic carbocycles. The van der Waals surface area contributed by atoms with Crippen LogP contribution in [-0.2, 0) is 4.74 Å². The van der Waals surface area contributed by atoms with Gasteiger partial charge in [0.1, 0.15) is 5.82 Å². The van der Waals surface area contributed by atoms with Gasteiger partial charge in [-0.3, -0.25) is 5.10 Å². The van der Waals surface area contributed by atoms with Gasteiger partial charge in [0.05, 0.1) is 18.5 Å². The molecule has 1 rings (SSSR count). The minimum Gasteiger partial charge on any atom is -0.382 e. The van der Waals surface area contributed by atoms with Crippen LogP contribution in [0.1, 0.15) is 20.3 Å². The minimum atomic E-state index is 0.567. The topological polar surface area (TPSA) is 76.0 Å². The van der Waals surface area contributed by atoms with Crippen LogP contribution in [0.4, 0.5) is 11.5 Å². The molecule has 0 atom stereocenters. The smallest absolute Gasteiger partial charge is 0.142 e. The number of nitrogen functional groups attached to an aromatic ring is 1. The number of rotatable bonds is 7. The predicted molar refractivity (Wildman–Crippen MR) is 61.8 cm³/mol. The first kappa shape index (κ1) is 11.8. The van der Waals surface area contributed by atoms with Crippen molar-refractivity contribution in [3.8, 4) is 0 Å². The van der Waals surface area contributed by atoms with Crippen LogP contribution in [0.2, 0.25) is 0 Å². The van der Waals surface area contributed by atoms with Gasteiger partial charge in [0, 0.05) is 13.2 Å². The van der Waals surface area contributed by atoms with Crippen molar-refractivity contribution in [3.05, 3.63) is 6.20 Å². The van der Waals surface area contributed by atoms with Gasteiger partial charge >= 0.3 is 0 Å². The van der Waals surface area contributed by atoms with E-state index in [4.69, 9.17) is 10.5 Å². The van der Waals surface area contributed by atoms with Crippen LogP contribution < -0.4 is 11.1 Å². The van der Waals surface area contributed by atoms with E-state index >= 15 is 0 Å². The Hall–Kier alpha value is -1.23. The highest BCUT2D eigenvalue weighted by Gasteiger charge is 1.99. The zero-order chi connectivity index (χ0) is 11.1. The number of H-pyrrole nitrogens is 1. The van der Waals surface area contributed by atoms with Crippen molar-refractivity contribution in [2.24, 2.45) is 5.92 Å². The molecule has 0 unspecified atom stereocenters. The molecule has 15 heavy (non-hydrogen) atoms. The van der Waals surface area contributed by atoms with Gasteiger partial charge in [0.15, 0.2) is 0 Å². The molecule has 0 saturated carbocycles. The summed E-state index contributed by atoms with van der Waals surface area (Å²) in [6.07, 6.45) is 2.78. The first-order valence-corrected chi connectivity index (χ1v) is 5.30. The highest BCUT2D eigenvalue weighted by atomic mass is 16.5. The molecule has 1 heterocycles. The van der Waals surface area contributed by atoms with Gasteiger partial charge in [0.2, 0.25) is 0 Å². The summed E-state index contributed by atoms with van der Waals surface area (Å²) in [5, 5.41) is 9.60. The molecule has 0 aliphatic rings. The average molecular weight is 212 g/mol. The second-order valence-corrected chi connectivity index (χ2v) is 3.92. The van der Waals surface area contributed by atoms with Gasteiger partial charge in [-0.1, -0.05) is 13.8 Å². The van der Waals surface area contributed by atoms with E-state index in [2.05, 4.69) is 29.4 Å². The average Bonchev–Trinajstić information content (AvgIpc) is 2.57. The van der Waals surface area contributed by atoms with Crippen LogP contribution in [0.5, 0.6) is 0 Å². The van der Waals surface area contributed by atoms with E-state index in [1.54, 1.807) is 6.20 Å². The number of ether oxygens (including phenoxy) is 1. The fourth-order valence-corrected chi connectivity index (χ4v) is 1.12. The molecule has 0 bridgehead atoms. The van der Waals surface area contributed by atoms with Gasteiger partial charge in [-0.25, -0.2) is 0 Å². The van der Waals surface area contributed by atoms with Crippen LogP contribution in [0.15, 0.2) is 6.20 Å². The summed E-state index contributed by atoms with van der Waals surface area (Å²) >= 11 is 0. The summed E-state index contributed by atoms with van der Waals surface area (Å²) in [4.78, 5) is 0. The maximum atomic E-state index is 5.60. The predicted octanol–water partition coefficient (Wildman–Crippen LogP) is 1.47. The Morgan fingerprint density at radius 2 is 2.33 bits per heavy atom. The molecule has 0 amide bonds. The van der Waals surface area contributed by atoms with Crippen LogP contribution >= 0.6 is 0 Å². The molecule has 1 aromatic heterocycles. The van der Waals surface area contributed by atoms with Crippen molar-refractivity contribution in [2.75, 3.05) is 30.8 Å². The van der Waals surface area contributed by atoms with Crippen molar-refractivity contribution in [2.45, 2.75) is 20.3 Å². The molecule has 0 radical (unpaired) electrons. The number of nitrogens with zero attached hydrogens (tertiary/aromatic N) is 1. The molecule has 1 aromatic rings. The van der Waals surface area contributed by atoms with Gasteiger partial charge < -0.3 is 15.8 Å². The van der Waals surface area contributed by atoms with E-state index in [1.807, 2.05) is 0 Å². The Labute approximate surface area is 90.4 Å². The minimum absolute atomic E-state index is 0.567. The summed E-state index contributed by atoms with van der Waals surface area (Å²) in [7, 11) is 0. The summed E-state index contributed by atoms with van der Waals surface area (Å²) in [6, 6.07) is 0. The highest BCUT2D eigenvalue weighted by Crippen LogP contribution is 2.11. The Balaban J connectivity index is 2.00. The van der Waals surface area contributed by atoms with Crippen molar-refractivity contribution in [1.82, 2.24) is 10.2 Å². The first-order chi connectivity index (χ1) is 7.20. The van der Waals surface area contributed by atoms with Gasteiger partial charge in [0.25, 0.3) is 0 Å². The highest BCUT2D eigenvalue weighted by molar-refractivity contribution is 5.59. The Kier molecular flexibility index (Phi) is 4.97. The zero-order valence-corrected chi connectivity index (χ0v) is 9.42. The third kappa shape index (κ3) is 4.69. The molecular weight excluding hydrogens is 192 g/mol. The van der Waals surface area contributed by atoms with E-state index in [-0.39, 0.29) is 0 Å². The lowest BCUT2D eigenvalue weighted by Gasteiger charge is -2.07. The van der Waals surface area contributed by atoms with E-state index < -0.39 is 0 Å². The Morgan fingerprint density at radius 3 is 2.93 bits per heavy atom. The van der Waals surface area contributed by atoms with E-state index in [1.165, 1.54) is 0 Å². The lowest BCUT2D eigenvalue weighted by atomic mass is 10.1. The van der Waals surface area contributed by atoms with E-state index in [9.17, 15) is 0 Å². The van der Waals surface area contributed by atoms with Gasteiger partial charge in [-0.05, 0) is 12.3 Å². The van der Waals surface area contributed by atoms with Crippen molar-refractivity contribution in [1.29, 1.82) is 0 Å². The summed E-state index contributed by atoms with van der Waals surface area (Å²) in [5.41, 5.74) is 6.44. The largest absolute Gasteiger partial charge is 0.382 e. The van der Waals surface area contributed by atoms with Crippen molar-refractivity contribution in [3.63, 3.8) is 0 Å². The SMILES string of the molecule is CC(C)CCOCCNc1cn[nH]c1N. The van der Waals surface area contributed by atoms with Gasteiger partial charge in [-0.15, -0.1) is 0 Å². The fourth-order valence-electron chi connectivity index (χ4n) is 1.12. The van der Waals surface area contributed by atoms with Gasteiger partial charge in [-0.2, -0.15) is 5.10 Å². The lowest BCUT2D eigenvalue weighted by Crippen LogP contribution is -2.11. The number of aromatic nitrogens is 2. The monoisotopic (exact) mass is 212 g/mol. The second-order valence-electron chi connectivity index (χ2n) is 3.92. The molecule has 0 aliphatic carbocycles. The summed E-state index contributed by atoms with van der Waals surface area (Å²) < 4.78 is 5.45. The van der Waals surface area contributed by atoms with Crippen LogP contribution in [0, 0.1) is 5.92 Å². The first-order valence-electron chi connectivity index (χ1n) is 5.30. The molecule has 86 valence electrons. The Morgan fingerprint density at radius 1 is 1.53 bits per heavy atom. The zero-order valence-electron chi connectivity index (χ0n) is 9.42. The molecule has 5 heteroatoms. The molecule has 0 spiro atoms. The molecule has 0 saturated heterocycles. The normalized spacial score (nSPS) is 10.9. The second kappa shape index (κ2) is 6.29. The van der Waals surface area contributed by atoms with Crippen LogP contribution in [0.25, 0.3) is 0 Å². The quantitative estimate of drug-likeness (QED) is 0.598. The maximum absolute atomic E-state index is 5.60.